The Kier molecular flexibility index (Phi) is 4.30. The highest BCUT2D eigenvalue weighted by molar-refractivity contribution is 8.13. The summed E-state index contributed by atoms with van der Waals surface area (Å²) in [5.41, 5.74) is 0.343. The Morgan fingerprint density at radius 2 is 2.29 bits per heavy atom. The van der Waals surface area contributed by atoms with Crippen molar-refractivity contribution in [1.29, 1.82) is 0 Å². The van der Waals surface area contributed by atoms with Gasteiger partial charge in [0.2, 0.25) is 0 Å². The van der Waals surface area contributed by atoms with Gasteiger partial charge in [0.15, 0.2) is 5.17 Å². The van der Waals surface area contributed by atoms with Crippen LogP contribution in [0.2, 0.25) is 0 Å². The Bertz CT molecular complexity index is 211. The van der Waals surface area contributed by atoms with Crippen LogP contribution in [0, 0.1) is 5.41 Å². The average Bonchev–Trinajstić information content (AvgIpc) is 2.15. The molecule has 1 aliphatic heterocycles. The first-order chi connectivity index (χ1) is 6.53. The number of nitrogens with one attached hydrogen (secondary N) is 1. The van der Waals surface area contributed by atoms with Crippen molar-refractivity contribution in [3.05, 3.63) is 0 Å². The third-order valence-electron chi connectivity index (χ3n) is 2.77. The monoisotopic (exact) mass is 214 g/mol. The molecule has 0 aromatic rings. The molecule has 0 amide bonds. The van der Waals surface area contributed by atoms with Crippen LogP contribution in [0.1, 0.15) is 40.5 Å². The molecule has 0 aliphatic carbocycles. The second kappa shape index (κ2) is 5.06. The van der Waals surface area contributed by atoms with Gasteiger partial charge in [0, 0.05) is 18.3 Å². The van der Waals surface area contributed by atoms with Crippen molar-refractivity contribution in [2.24, 2.45) is 10.4 Å². The number of thioether (sulfide) groups is 1. The van der Waals surface area contributed by atoms with Crippen molar-refractivity contribution in [3.63, 3.8) is 0 Å². The summed E-state index contributed by atoms with van der Waals surface area (Å²) in [6, 6.07) is 0.597. The second-order valence-electron chi connectivity index (χ2n) is 4.82. The zero-order chi connectivity index (χ0) is 10.6. The molecule has 1 atom stereocenters. The van der Waals surface area contributed by atoms with Gasteiger partial charge >= 0.3 is 0 Å². The number of amidine groups is 1. The highest BCUT2D eigenvalue weighted by Gasteiger charge is 2.17. The molecule has 1 saturated heterocycles. The van der Waals surface area contributed by atoms with E-state index in [1.165, 1.54) is 18.6 Å². The number of hydrogen-bond donors (Lipinski definition) is 1. The number of hydrogen-bond acceptors (Lipinski definition) is 2. The topological polar surface area (TPSA) is 24.4 Å². The summed E-state index contributed by atoms with van der Waals surface area (Å²) in [6.07, 6.45) is 2.44. The molecule has 0 spiro atoms. The van der Waals surface area contributed by atoms with Gasteiger partial charge < -0.3 is 5.32 Å². The van der Waals surface area contributed by atoms with E-state index in [-0.39, 0.29) is 0 Å². The van der Waals surface area contributed by atoms with Crippen molar-refractivity contribution >= 4 is 16.9 Å². The molecule has 0 bridgehead atoms. The van der Waals surface area contributed by atoms with Gasteiger partial charge in [-0.2, -0.15) is 0 Å². The first kappa shape index (κ1) is 11.9. The Morgan fingerprint density at radius 1 is 1.57 bits per heavy atom. The van der Waals surface area contributed by atoms with Gasteiger partial charge in [-0.25, -0.2) is 0 Å². The van der Waals surface area contributed by atoms with Gasteiger partial charge in [0.05, 0.1) is 0 Å². The van der Waals surface area contributed by atoms with Crippen molar-refractivity contribution in [2.45, 2.75) is 46.6 Å². The lowest BCUT2D eigenvalue weighted by Crippen LogP contribution is -2.36. The molecule has 82 valence electrons. The number of rotatable bonds is 3. The fourth-order valence-corrected chi connectivity index (χ4v) is 2.25. The first-order valence-electron chi connectivity index (χ1n) is 5.47. The Morgan fingerprint density at radius 3 is 2.86 bits per heavy atom. The maximum absolute atomic E-state index is 4.64. The summed E-state index contributed by atoms with van der Waals surface area (Å²) in [4.78, 5) is 4.64. The van der Waals surface area contributed by atoms with E-state index in [2.05, 4.69) is 38.0 Å². The van der Waals surface area contributed by atoms with Crippen LogP contribution in [0.5, 0.6) is 0 Å². The highest BCUT2D eigenvalue weighted by Crippen LogP contribution is 2.21. The van der Waals surface area contributed by atoms with Gasteiger partial charge in [-0.15, -0.1) is 0 Å². The molecule has 1 unspecified atom stereocenters. The van der Waals surface area contributed by atoms with Gasteiger partial charge in [-0.05, 0) is 25.2 Å². The largest absolute Gasteiger partial charge is 0.362 e. The molecular formula is C11H22N2S. The van der Waals surface area contributed by atoms with E-state index in [1.54, 1.807) is 0 Å². The van der Waals surface area contributed by atoms with E-state index in [0.29, 0.717) is 11.5 Å². The maximum Gasteiger partial charge on any atom is 0.156 e. The zero-order valence-corrected chi connectivity index (χ0v) is 10.6. The van der Waals surface area contributed by atoms with E-state index >= 15 is 0 Å². The molecule has 1 rings (SSSR count). The third-order valence-corrected chi connectivity index (χ3v) is 3.73. The minimum absolute atomic E-state index is 0.343. The van der Waals surface area contributed by atoms with Crippen molar-refractivity contribution < 1.29 is 0 Å². The standard InChI is InChI=1S/C11H22N2S/c1-5-11(3,4)8-12-10-13-9(2)6-7-14-10/h9H,5-8H2,1-4H3,(H,12,13). The number of aliphatic imine (C=N–C) groups is 1. The van der Waals surface area contributed by atoms with Crippen LogP contribution in [0.4, 0.5) is 0 Å². The second-order valence-corrected chi connectivity index (χ2v) is 5.91. The molecule has 1 aliphatic rings. The first-order valence-corrected chi connectivity index (χ1v) is 6.46. The van der Waals surface area contributed by atoms with Crippen molar-refractivity contribution in [1.82, 2.24) is 5.32 Å². The Labute approximate surface area is 92.0 Å². The minimum Gasteiger partial charge on any atom is -0.362 e. The van der Waals surface area contributed by atoms with E-state index < -0.39 is 0 Å². The van der Waals surface area contributed by atoms with E-state index in [0.717, 1.165) is 11.7 Å². The van der Waals surface area contributed by atoms with Crippen LogP contribution in [0.25, 0.3) is 0 Å². The summed E-state index contributed by atoms with van der Waals surface area (Å²) in [5, 5.41) is 4.57. The Balaban J connectivity index is 2.43. The zero-order valence-electron chi connectivity index (χ0n) is 9.76. The molecule has 0 aromatic carbocycles. The normalized spacial score (nSPS) is 26.3. The van der Waals surface area contributed by atoms with Gasteiger partial charge in [-0.3, -0.25) is 4.99 Å². The van der Waals surface area contributed by atoms with Gasteiger partial charge in [0.25, 0.3) is 0 Å². The number of nitrogens with zero attached hydrogens (tertiary/aromatic N) is 1. The lowest BCUT2D eigenvalue weighted by Gasteiger charge is -2.24. The molecule has 0 saturated carbocycles. The molecule has 1 N–H and O–H groups in total. The average molecular weight is 214 g/mol. The van der Waals surface area contributed by atoms with Crippen LogP contribution in [-0.2, 0) is 0 Å². The van der Waals surface area contributed by atoms with Crippen LogP contribution in [0.15, 0.2) is 4.99 Å². The van der Waals surface area contributed by atoms with E-state index in [1.807, 2.05) is 11.8 Å². The predicted octanol–water partition coefficient (Wildman–Crippen LogP) is 2.89. The van der Waals surface area contributed by atoms with Crippen LogP contribution in [0.3, 0.4) is 0 Å². The Hall–Kier alpha value is -0.180. The third kappa shape index (κ3) is 3.91. The van der Waals surface area contributed by atoms with Gasteiger partial charge in [-0.1, -0.05) is 32.5 Å². The fourth-order valence-electron chi connectivity index (χ4n) is 1.15. The SMILES string of the molecule is CCC(C)(C)CN=C1NC(C)CCS1. The maximum atomic E-state index is 4.64. The van der Waals surface area contributed by atoms with E-state index in [4.69, 9.17) is 0 Å². The molecule has 0 aromatic heterocycles. The molecule has 3 heteroatoms. The molecule has 0 radical (unpaired) electrons. The van der Waals surface area contributed by atoms with Crippen molar-refractivity contribution in [3.8, 4) is 0 Å². The predicted molar refractivity (Wildman–Crippen MR) is 66.0 cm³/mol. The molecule has 1 fully saturated rings. The molecule has 1 heterocycles. The van der Waals surface area contributed by atoms with Crippen molar-refractivity contribution in [2.75, 3.05) is 12.3 Å². The van der Waals surface area contributed by atoms with Crippen LogP contribution < -0.4 is 5.32 Å². The van der Waals surface area contributed by atoms with Gasteiger partial charge in [0.1, 0.15) is 0 Å². The summed E-state index contributed by atoms with van der Waals surface area (Å²) >= 11 is 1.86. The molecular weight excluding hydrogens is 192 g/mol. The lowest BCUT2D eigenvalue weighted by atomic mass is 9.91. The minimum atomic E-state index is 0.343. The van der Waals surface area contributed by atoms with E-state index in [9.17, 15) is 0 Å². The van der Waals surface area contributed by atoms with Crippen LogP contribution >= 0.6 is 11.8 Å². The highest BCUT2D eigenvalue weighted by atomic mass is 32.2. The summed E-state index contributed by atoms with van der Waals surface area (Å²) in [7, 11) is 0. The summed E-state index contributed by atoms with van der Waals surface area (Å²) < 4.78 is 0. The summed E-state index contributed by atoms with van der Waals surface area (Å²) in [6.45, 7) is 9.93. The smallest absolute Gasteiger partial charge is 0.156 e. The summed E-state index contributed by atoms with van der Waals surface area (Å²) in [5.74, 6) is 1.21. The molecule has 14 heavy (non-hydrogen) atoms. The van der Waals surface area contributed by atoms with Crippen LogP contribution in [-0.4, -0.2) is 23.5 Å². The lowest BCUT2D eigenvalue weighted by molar-refractivity contribution is 0.365. The quantitative estimate of drug-likeness (QED) is 0.781. The fraction of sp³-hybridized carbons (Fsp3) is 0.909. The molecule has 2 nitrogen and oxygen atoms in total.